The number of rotatable bonds is 3. The number of benzene rings is 3. The van der Waals surface area contributed by atoms with Crippen LogP contribution in [0.5, 0.6) is 23.0 Å². The Hall–Kier alpha value is -4.37. The molecule has 1 fully saturated rings. The molecule has 220 valence electrons. The van der Waals surface area contributed by atoms with Crippen molar-refractivity contribution in [2.24, 2.45) is 0 Å². The number of aromatic nitrogens is 2. The van der Waals surface area contributed by atoms with Gasteiger partial charge in [-0.05, 0) is 54.4 Å². The van der Waals surface area contributed by atoms with Gasteiger partial charge in [-0.15, -0.1) is 0 Å². The third-order valence-corrected chi connectivity index (χ3v) is 8.74. The standard InChI is InChI=1S/C31H28ClN5O5S/c1-43(39,40)10-9-24-18-37-28-12-23(32)7-8-29(28)41-26-3-2-4-27(13-26)42-30-11-21(5-6-22(30)14-33)16-36-20-34-15-25(36)17-35(24)19-31(37)38/h2-8,11-13,15,20,24H,9-10,16-19H2,1H3. The van der Waals surface area contributed by atoms with Crippen molar-refractivity contribution in [1.29, 1.82) is 5.26 Å². The Morgan fingerprint density at radius 2 is 1.81 bits per heavy atom. The fraction of sp³-hybridized carbons (Fsp3) is 0.258. The van der Waals surface area contributed by atoms with E-state index < -0.39 is 9.84 Å². The van der Waals surface area contributed by atoms with Gasteiger partial charge in [-0.2, -0.15) is 5.26 Å². The highest BCUT2D eigenvalue weighted by Crippen LogP contribution is 2.38. The van der Waals surface area contributed by atoms with Crippen LogP contribution in [0.2, 0.25) is 5.02 Å². The van der Waals surface area contributed by atoms with E-state index in [1.807, 2.05) is 21.6 Å². The van der Waals surface area contributed by atoms with Crippen molar-refractivity contribution < 1.29 is 22.7 Å². The first-order valence-electron chi connectivity index (χ1n) is 13.6. The van der Waals surface area contributed by atoms with Crippen LogP contribution in [0.25, 0.3) is 0 Å². The van der Waals surface area contributed by atoms with Gasteiger partial charge in [0, 0.05) is 49.2 Å². The van der Waals surface area contributed by atoms with Crippen molar-refractivity contribution in [2.45, 2.75) is 25.6 Å². The number of piperazine rings is 1. The Labute approximate surface area is 254 Å². The van der Waals surface area contributed by atoms with E-state index in [4.69, 9.17) is 21.1 Å². The summed E-state index contributed by atoms with van der Waals surface area (Å²) in [6.45, 7) is 1.16. The molecule has 4 aromatic rings. The first-order valence-corrected chi connectivity index (χ1v) is 16.1. The van der Waals surface area contributed by atoms with Gasteiger partial charge in [0.2, 0.25) is 5.91 Å². The van der Waals surface area contributed by atoms with Gasteiger partial charge in [-0.3, -0.25) is 9.69 Å². The zero-order valence-electron chi connectivity index (χ0n) is 23.3. The second-order valence-electron chi connectivity index (χ2n) is 10.7. The van der Waals surface area contributed by atoms with Gasteiger partial charge in [0.05, 0.1) is 35.6 Å². The van der Waals surface area contributed by atoms with Gasteiger partial charge in [0.15, 0.2) is 5.75 Å². The summed E-state index contributed by atoms with van der Waals surface area (Å²) in [7, 11) is -3.24. The third kappa shape index (κ3) is 6.51. The Morgan fingerprint density at radius 1 is 1.02 bits per heavy atom. The number of hydrogen-bond donors (Lipinski definition) is 0. The molecule has 12 heteroatoms. The summed E-state index contributed by atoms with van der Waals surface area (Å²) >= 11 is 6.40. The Bertz CT molecular complexity index is 1850. The molecule has 0 radical (unpaired) electrons. The molecular formula is C31H28ClN5O5S. The second kappa shape index (κ2) is 11.7. The predicted molar refractivity (Wildman–Crippen MR) is 161 cm³/mol. The summed E-state index contributed by atoms with van der Waals surface area (Å²) in [6, 6.07) is 19.4. The van der Waals surface area contributed by atoms with Crippen LogP contribution in [0.4, 0.5) is 5.69 Å². The van der Waals surface area contributed by atoms with Crippen LogP contribution in [0.3, 0.4) is 0 Å². The van der Waals surface area contributed by atoms with E-state index in [0.717, 1.165) is 11.3 Å². The molecule has 43 heavy (non-hydrogen) atoms. The number of amides is 1. The molecule has 7 rings (SSSR count). The summed E-state index contributed by atoms with van der Waals surface area (Å²) in [5.74, 6) is 1.56. The minimum absolute atomic E-state index is 0.0187. The van der Waals surface area contributed by atoms with Crippen molar-refractivity contribution in [1.82, 2.24) is 14.5 Å². The number of nitriles is 1. The molecule has 6 bridgehead atoms. The lowest BCUT2D eigenvalue weighted by Gasteiger charge is -2.41. The van der Waals surface area contributed by atoms with Crippen molar-refractivity contribution >= 4 is 33.0 Å². The van der Waals surface area contributed by atoms with E-state index in [1.54, 1.807) is 66.0 Å². The summed E-state index contributed by atoms with van der Waals surface area (Å²) in [5, 5.41) is 10.2. The number of nitrogens with zero attached hydrogens (tertiary/aromatic N) is 5. The molecule has 2 atom stereocenters. The van der Waals surface area contributed by atoms with Crippen LogP contribution in [-0.2, 0) is 27.7 Å². The molecule has 0 spiro atoms. The second-order valence-corrected chi connectivity index (χ2v) is 13.4. The quantitative estimate of drug-likeness (QED) is 0.315. The number of ether oxygens (including phenoxy) is 2. The number of carbonyl (C=O) groups excluding carboxylic acids is 1. The minimum Gasteiger partial charge on any atom is -0.456 e. The number of hydrogen-bond acceptors (Lipinski definition) is 8. The molecule has 0 saturated carbocycles. The minimum atomic E-state index is -3.24. The van der Waals surface area contributed by atoms with Crippen LogP contribution in [0.1, 0.15) is 23.2 Å². The number of sulfone groups is 1. The zero-order valence-corrected chi connectivity index (χ0v) is 24.9. The fourth-order valence-electron chi connectivity index (χ4n) is 5.37. The van der Waals surface area contributed by atoms with E-state index in [0.29, 0.717) is 58.8 Å². The summed E-state index contributed by atoms with van der Waals surface area (Å²) in [4.78, 5) is 21.7. The molecule has 1 aromatic heterocycles. The summed E-state index contributed by atoms with van der Waals surface area (Å²) < 4.78 is 38.8. The molecular weight excluding hydrogens is 590 g/mol. The maximum absolute atomic E-state index is 13.7. The lowest BCUT2D eigenvalue weighted by Crippen LogP contribution is -2.56. The third-order valence-electron chi connectivity index (χ3n) is 7.53. The van der Waals surface area contributed by atoms with Crippen molar-refractivity contribution in [3.8, 4) is 29.1 Å². The largest absolute Gasteiger partial charge is 0.456 e. The highest BCUT2D eigenvalue weighted by molar-refractivity contribution is 7.90. The van der Waals surface area contributed by atoms with Crippen LogP contribution >= 0.6 is 11.6 Å². The lowest BCUT2D eigenvalue weighted by atomic mass is 10.1. The number of fused-ring (bicyclic) bond motifs is 2. The molecule has 2 unspecified atom stereocenters. The maximum Gasteiger partial charge on any atom is 0.241 e. The Kier molecular flexibility index (Phi) is 7.83. The van der Waals surface area contributed by atoms with Crippen molar-refractivity contribution in [3.63, 3.8) is 0 Å². The Balaban J connectivity index is 1.47. The topological polar surface area (TPSA) is 118 Å². The molecule has 3 aliphatic rings. The monoisotopic (exact) mass is 617 g/mol. The number of imidazole rings is 1. The fourth-order valence-corrected chi connectivity index (χ4v) is 6.24. The molecule has 0 aliphatic carbocycles. The summed E-state index contributed by atoms with van der Waals surface area (Å²) in [6.07, 6.45) is 5.02. The van der Waals surface area contributed by atoms with Crippen molar-refractivity contribution in [3.05, 3.63) is 95.0 Å². The highest BCUT2D eigenvalue weighted by Gasteiger charge is 2.35. The first-order chi connectivity index (χ1) is 20.6. The molecule has 3 aromatic carbocycles. The molecule has 10 nitrogen and oxygen atoms in total. The molecule has 1 saturated heterocycles. The SMILES string of the molecule is CS(=O)(=O)CCC1CN2C(=O)CN1Cc1cncn1Cc1ccc(C#N)c(c1)Oc1cccc(c1)Oc1ccc(Cl)cc12. The summed E-state index contributed by atoms with van der Waals surface area (Å²) in [5.41, 5.74) is 2.62. The van der Waals surface area contributed by atoms with Gasteiger partial charge in [0.1, 0.15) is 33.2 Å². The van der Waals surface area contributed by atoms with Gasteiger partial charge >= 0.3 is 0 Å². The van der Waals surface area contributed by atoms with Crippen LogP contribution in [0.15, 0.2) is 73.2 Å². The normalized spacial score (nSPS) is 18.3. The molecule has 0 N–H and O–H groups in total. The average Bonchev–Trinajstić information content (AvgIpc) is 3.39. The van der Waals surface area contributed by atoms with E-state index in [1.165, 1.54) is 6.26 Å². The average molecular weight is 618 g/mol. The van der Waals surface area contributed by atoms with E-state index in [2.05, 4.69) is 11.1 Å². The first kappa shape index (κ1) is 28.7. The van der Waals surface area contributed by atoms with E-state index in [9.17, 15) is 18.5 Å². The predicted octanol–water partition coefficient (Wildman–Crippen LogP) is 5.01. The smallest absolute Gasteiger partial charge is 0.241 e. The zero-order chi connectivity index (χ0) is 30.1. The van der Waals surface area contributed by atoms with Crippen LogP contribution in [0, 0.1) is 11.3 Å². The molecule has 1 amide bonds. The van der Waals surface area contributed by atoms with E-state index in [-0.39, 0.29) is 30.8 Å². The van der Waals surface area contributed by atoms with Crippen LogP contribution < -0.4 is 14.4 Å². The van der Waals surface area contributed by atoms with Crippen molar-refractivity contribution in [2.75, 3.05) is 30.0 Å². The van der Waals surface area contributed by atoms with Gasteiger partial charge in [-0.1, -0.05) is 23.7 Å². The maximum atomic E-state index is 13.7. The number of carbonyl (C=O) groups is 1. The van der Waals surface area contributed by atoms with Gasteiger partial charge < -0.3 is 18.9 Å². The van der Waals surface area contributed by atoms with Gasteiger partial charge in [0.25, 0.3) is 0 Å². The molecule has 4 heterocycles. The number of halogens is 1. The highest BCUT2D eigenvalue weighted by atomic mass is 35.5. The van der Waals surface area contributed by atoms with Gasteiger partial charge in [-0.25, -0.2) is 13.4 Å². The van der Waals surface area contributed by atoms with E-state index >= 15 is 0 Å². The Morgan fingerprint density at radius 3 is 2.58 bits per heavy atom. The molecule has 3 aliphatic heterocycles. The van der Waals surface area contributed by atoms with Crippen LogP contribution in [-0.4, -0.2) is 59.9 Å². The number of anilines is 1. The lowest BCUT2D eigenvalue weighted by molar-refractivity contribution is -0.122.